The van der Waals surface area contributed by atoms with Gasteiger partial charge in [0.2, 0.25) is 31.0 Å². The molecular weight excluding hydrogens is 883 g/mol. The van der Waals surface area contributed by atoms with E-state index in [0.717, 1.165) is 50.6 Å². The highest BCUT2D eigenvalue weighted by atomic mass is 32.2. The van der Waals surface area contributed by atoms with Crippen LogP contribution in [0.5, 0.6) is 0 Å². The monoisotopic (exact) mass is 931 g/mol. The summed E-state index contributed by atoms with van der Waals surface area (Å²) in [6.07, 6.45) is 1.34. The number of nitrogens with zero attached hydrogens (tertiary/aromatic N) is 3. The van der Waals surface area contributed by atoms with E-state index in [2.05, 4.69) is 33.2 Å². The number of aromatic nitrogens is 1. The molecule has 5 amide bonds. The van der Waals surface area contributed by atoms with E-state index in [1.54, 1.807) is 78.1 Å². The maximum Gasteiger partial charge on any atom is 0.249 e. The molecule has 0 saturated heterocycles. The number of para-hydroxylation sites is 2. The molecule has 0 saturated carbocycles. The molecule has 18 heteroatoms. The Balaban J connectivity index is 0.000000336. The van der Waals surface area contributed by atoms with Crippen molar-refractivity contribution in [2.45, 2.75) is 44.0 Å². The van der Waals surface area contributed by atoms with E-state index in [1.165, 1.54) is 28.4 Å². The van der Waals surface area contributed by atoms with E-state index in [9.17, 15) is 36.7 Å². The van der Waals surface area contributed by atoms with Crippen molar-refractivity contribution in [3.63, 3.8) is 0 Å². The molecule has 342 valence electrons. The molecule has 0 aliphatic heterocycles. The van der Waals surface area contributed by atoms with Gasteiger partial charge >= 0.3 is 0 Å². The average Bonchev–Trinajstić information content (AvgIpc) is 3.73. The summed E-state index contributed by atoms with van der Waals surface area (Å²) < 4.78 is 53.8. The van der Waals surface area contributed by atoms with Crippen LogP contribution in [0, 0.1) is 30.2 Å². The van der Waals surface area contributed by atoms with E-state index in [1.807, 2.05) is 45.0 Å². The number of rotatable bonds is 15. The van der Waals surface area contributed by atoms with Gasteiger partial charge in [-0.2, -0.15) is 0 Å². The van der Waals surface area contributed by atoms with Crippen molar-refractivity contribution in [1.29, 1.82) is 0 Å². The van der Waals surface area contributed by atoms with Crippen molar-refractivity contribution in [2.24, 2.45) is 5.73 Å². The van der Waals surface area contributed by atoms with Gasteiger partial charge in [-0.3, -0.25) is 24.0 Å². The molecule has 1 aromatic heterocycles. The highest BCUT2D eigenvalue weighted by Crippen LogP contribution is 2.27. The van der Waals surface area contributed by atoms with Crippen molar-refractivity contribution in [3.05, 3.63) is 155 Å². The number of hydrogen-bond donors (Lipinski definition) is 4. The Labute approximate surface area is 382 Å². The highest BCUT2D eigenvalue weighted by Gasteiger charge is 2.27. The first kappa shape index (κ1) is 52.3. The number of nitrogens with one attached hydrogen (secondary N) is 3. The van der Waals surface area contributed by atoms with Crippen LogP contribution >= 0.6 is 23.1 Å². The van der Waals surface area contributed by atoms with Gasteiger partial charge in [0.1, 0.15) is 29.3 Å². The van der Waals surface area contributed by atoms with Crippen LogP contribution in [-0.2, 0) is 30.4 Å². The van der Waals surface area contributed by atoms with Crippen molar-refractivity contribution in [3.8, 4) is 0 Å². The van der Waals surface area contributed by atoms with Crippen LogP contribution in [0.1, 0.15) is 36.5 Å². The second kappa shape index (κ2) is 26.5. The molecule has 1 heterocycles. The van der Waals surface area contributed by atoms with Crippen molar-refractivity contribution < 1.29 is 41.5 Å². The minimum Gasteiger partial charge on any atom is -0.372 e. The number of thiazole rings is 1. The summed E-state index contributed by atoms with van der Waals surface area (Å²) >= 11 is 3.05. The number of thioether (sulfide) groups is 1. The number of amides is 5. The molecule has 0 fully saturated rings. The lowest BCUT2D eigenvalue weighted by Crippen LogP contribution is -2.51. The second-order valence-corrected chi connectivity index (χ2v) is 16.1. The molecule has 0 radical (unpaired) electrons. The summed E-state index contributed by atoms with van der Waals surface area (Å²) in [5.74, 6) is -3.37. The number of likely N-dealkylation sites (N-methyl/N-ethyl adjacent to an activating group) is 2. The number of nitrogens with two attached hydrogens (primary N) is 1. The van der Waals surface area contributed by atoms with Gasteiger partial charge in [-0.05, 0) is 108 Å². The fourth-order valence-electron chi connectivity index (χ4n) is 6.05. The molecule has 0 spiro atoms. The summed E-state index contributed by atoms with van der Waals surface area (Å²) in [7, 11) is 3.23. The zero-order valence-electron chi connectivity index (χ0n) is 36.2. The molecule has 0 bridgehead atoms. The molecule has 5 N–H and O–H groups in total. The Morgan fingerprint density at radius 2 is 1.46 bits per heavy atom. The number of carbonyl (C=O) groups excluding carboxylic acids is 5. The van der Waals surface area contributed by atoms with Crippen molar-refractivity contribution in [1.82, 2.24) is 10.3 Å². The first-order valence-corrected chi connectivity index (χ1v) is 21.3. The Morgan fingerprint density at radius 1 is 0.846 bits per heavy atom. The summed E-state index contributed by atoms with van der Waals surface area (Å²) in [5, 5.41) is 9.69. The second-order valence-electron chi connectivity index (χ2n) is 14.2. The first-order chi connectivity index (χ1) is 31.0. The third-order valence-electron chi connectivity index (χ3n) is 9.10. The van der Waals surface area contributed by atoms with Gasteiger partial charge in [0, 0.05) is 48.9 Å². The van der Waals surface area contributed by atoms with Gasteiger partial charge in [0.25, 0.3) is 0 Å². The third-order valence-corrected chi connectivity index (χ3v) is 10.8. The molecule has 6 rings (SSSR count). The van der Waals surface area contributed by atoms with Gasteiger partial charge in [-0.1, -0.05) is 44.3 Å². The number of aryl methyl sites for hydroxylation is 1. The van der Waals surface area contributed by atoms with Crippen molar-refractivity contribution >= 4 is 87.1 Å². The van der Waals surface area contributed by atoms with Gasteiger partial charge < -0.3 is 31.5 Å². The number of halogens is 4. The molecule has 5 aromatic carbocycles. The highest BCUT2D eigenvalue weighted by molar-refractivity contribution is 8.02. The number of fused-ring (bicyclic) bond motifs is 1. The van der Waals surface area contributed by atoms with Gasteiger partial charge in [-0.15, -0.1) is 11.3 Å². The van der Waals surface area contributed by atoms with E-state index in [-0.39, 0.29) is 30.9 Å². The standard InChI is InChI=1S/C27H25F2N5O3S.C10H11NOS.C9H10F2.CH3NO/c1-33(24-6-4-3-5-21(24)30-15-35)14-26(36)32-23(11-17-9-18(28)12-19(29)10-17)27(37)34(2)20-7-8-25-22(13-20)31-16-38-25;1-3-13-10-5-4-9(11-7-12)6-8(10)2;1-6(2)7-3-8(10)5-9(11)4-7;2-1-3/h3-10,12-13,15-16,23H,11,14H2,1-2H3,(H,30,35)(H,32,36);3-7H,1H2,2H3,(H,11,12);3-6H,1-2H3;1H,(H2,2,3)/t23-;;;/m0.../s1. The average molecular weight is 932 g/mol. The Morgan fingerprint density at radius 3 is 2.05 bits per heavy atom. The zero-order valence-corrected chi connectivity index (χ0v) is 37.8. The third kappa shape index (κ3) is 16.9. The lowest BCUT2D eigenvalue weighted by atomic mass is 10.0. The number of benzene rings is 5. The van der Waals surface area contributed by atoms with Crippen LogP contribution in [0.25, 0.3) is 10.2 Å². The maximum absolute atomic E-state index is 13.9. The van der Waals surface area contributed by atoms with E-state index < -0.39 is 41.1 Å². The van der Waals surface area contributed by atoms with Gasteiger partial charge in [0.05, 0.1) is 33.6 Å². The molecule has 0 unspecified atom stereocenters. The summed E-state index contributed by atoms with van der Waals surface area (Å²) in [6.45, 7) is 9.30. The molecular formula is C47H49F4N7O5S2. The predicted molar refractivity (Wildman–Crippen MR) is 252 cm³/mol. The van der Waals surface area contributed by atoms with Crippen molar-refractivity contribution in [2.75, 3.05) is 41.1 Å². The number of anilines is 4. The fourth-order valence-corrected chi connectivity index (χ4v) is 7.28. The predicted octanol–water partition coefficient (Wildman–Crippen LogP) is 8.96. The Bertz CT molecular complexity index is 2520. The Hall–Kier alpha value is -7.05. The number of hydrogen-bond acceptors (Lipinski definition) is 9. The normalized spacial score (nSPS) is 10.6. The van der Waals surface area contributed by atoms with E-state index in [4.69, 9.17) is 4.79 Å². The summed E-state index contributed by atoms with van der Waals surface area (Å²) in [5.41, 5.74) is 11.1. The number of primary amides is 1. The summed E-state index contributed by atoms with van der Waals surface area (Å²) in [6, 6.07) is 23.6. The summed E-state index contributed by atoms with van der Waals surface area (Å²) in [4.78, 5) is 64.8. The van der Waals surface area contributed by atoms with Gasteiger partial charge in [-0.25, -0.2) is 22.5 Å². The van der Waals surface area contributed by atoms with Crippen LogP contribution in [0.4, 0.5) is 40.3 Å². The number of carbonyl (C=O) groups is 5. The zero-order chi connectivity index (χ0) is 48.1. The topological polar surface area (TPSA) is 167 Å². The molecule has 65 heavy (non-hydrogen) atoms. The lowest BCUT2D eigenvalue weighted by molar-refractivity contribution is -0.126. The molecule has 0 aliphatic rings. The molecule has 12 nitrogen and oxygen atoms in total. The molecule has 6 aromatic rings. The lowest BCUT2D eigenvalue weighted by Gasteiger charge is -2.27. The minimum absolute atomic E-state index is 0.129. The SMILES string of the molecule is C=CSc1ccc(NC=O)cc1C.CC(C)c1cc(F)cc(F)c1.CN(CC(=O)N[C@@H](Cc1cc(F)cc(F)c1)C(=O)N(C)c1ccc2scnc2c1)c1ccccc1NC=O.NC=O. The smallest absolute Gasteiger partial charge is 0.249 e. The largest absolute Gasteiger partial charge is 0.372 e. The Kier molecular flexibility index (Phi) is 21.4. The maximum atomic E-state index is 13.9. The van der Waals surface area contributed by atoms with Crippen LogP contribution in [-0.4, -0.2) is 62.7 Å². The minimum atomic E-state index is -1.11. The molecule has 1 atom stereocenters. The van der Waals surface area contributed by atoms with Gasteiger partial charge in [0.15, 0.2) is 0 Å². The van der Waals surface area contributed by atoms with Crippen LogP contribution in [0.2, 0.25) is 0 Å². The van der Waals surface area contributed by atoms with Crippen LogP contribution in [0.3, 0.4) is 0 Å². The van der Waals surface area contributed by atoms with E-state index >= 15 is 0 Å². The van der Waals surface area contributed by atoms with E-state index in [0.29, 0.717) is 35.4 Å². The van der Waals surface area contributed by atoms with Crippen LogP contribution in [0.15, 0.2) is 119 Å². The first-order valence-electron chi connectivity index (χ1n) is 19.6. The quantitative estimate of drug-likeness (QED) is 0.0450. The van der Waals surface area contributed by atoms with Crippen LogP contribution < -0.4 is 31.5 Å². The fraction of sp³-hybridized carbons (Fsp3) is 0.191. The molecule has 0 aliphatic carbocycles.